The number of nitrogens with one attached hydrogen (secondary N) is 3. The zero-order valence-electron chi connectivity index (χ0n) is 17.6. The lowest BCUT2D eigenvalue weighted by molar-refractivity contribution is -0.116. The first kappa shape index (κ1) is 22.5. The summed E-state index contributed by atoms with van der Waals surface area (Å²) < 4.78 is 42.9. The van der Waals surface area contributed by atoms with Gasteiger partial charge >= 0.3 is 0 Å². The molecule has 33 heavy (non-hydrogen) atoms. The van der Waals surface area contributed by atoms with Gasteiger partial charge in [0.15, 0.2) is 0 Å². The van der Waals surface area contributed by atoms with Crippen LogP contribution in [-0.2, 0) is 27.7 Å². The average Bonchev–Trinajstić information content (AvgIpc) is 2.79. The van der Waals surface area contributed by atoms with Gasteiger partial charge in [-0.15, -0.1) is 0 Å². The monoisotopic (exact) mass is 467 g/mol. The standard InChI is InChI=1S/C24H22FN3O4S/c25-19-15-21-17(10-11-23(29)27-21)14-22(19)33(31,32)28-20-9-5-4-8-18(20)24(30)26-13-12-16-6-2-1-3-7-16/h1-9,14-15,28H,10-13H2,(H,26,30)(H,27,29). The minimum absolute atomic E-state index is 0.0418. The number of benzene rings is 3. The predicted octanol–water partition coefficient (Wildman–Crippen LogP) is 3.48. The molecule has 0 unspecified atom stereocenters. The minimum atomic E-state index is -4.33. The fourth-order valence-corrected chi connectivity index (χ4v) is 4.81. The molecule has 0 aromatic heterocycles. The van der Waals surface area contributed by atoms with E-state index in [1.165, 1.54) is 18.2 Å². The van der Waals surface area contributed by atoms with E-state index in [4.69, 9.17) is 0 Å². The Bertz CT molecular complexity index is 1310. The Kier molecular flexibility index (Phi) is 6.41. The largest absolute Gasteiger partial charge is 0.352 e. The summed E-state index contributed by atoms with van der Waals surface area (Å²) in [5.41, 5.74) is 2.02. The number of carbonyl (C=O) groups is 2. The molecule has 0 spiro atoms. The molecule has 170 valence electrons. The van der Waals surface area contributed by atoms with Gasteiger partial charge in [-0.25, -0.2) is 12.8 Å². The average molecular weight is 468 g/mol. The van der Waals surface area contributed by atoms with Gasteiger partial charge in [0.2, 0.25) is 5.91 Å². The summed E-state index contributed by atoms with van der Waals surface area (Å²) in [5.74, 6) is -1.69. The Morgan fingerprint density at radius 3 is 2.52 bits per heavy atom. The molecule has 1 aliphatic rings. The van der Waals surface area contributed by atoms with Gasteiger partial charge in [0, 0.05) is 18.7 Å². The smallest absolute Gasteiger partial charge is 0.264 e. The van der Waals surface area contributed by atoms with E-state index < -0.39 is 26.6 Å². The van der Waals surface area contributed by atoms with E-state index in [9.17, 15) is 22.4 Å². The van der Waals surface area contributed by atoms with E-state index in [0.29, 0.717) is 24.9 Å². The zero-order valence-corrected chi connectivity index (χ0v) is 18.4. The normalized spacial score (nSPS) is 13.1. The van der Waals surface area contributed by atoms with Crippen molar-refractivity contribution in [1.29, 1.82) is 0 Å². The fourth-order valence-electron chi connectivity index (χ4n) is 3.62. The third kappa shape index (κ3) is 5.20. The molecule has 0 saturated heterocycles. The van der Waals surface area contributed by atoms with Crippen molar-refractivity contribution in [3.63, 3.8) is 0 Å². The number of hydrogen-bond acceptors (Lipinski definition) is 4. The second kappa shape index (κ2) is 9.41. The molecule has 1 aliphatic heterocycles. The molecule has 7 nitrogen and oxygen atoms in total. The molecule has 9 heteroatoms. The summed E-state index contributed by atoms with van der Waals surface area (Å²) in [6, 6.07) is 18.0. The highest BCUT2D eigenvalue weighted by atomic mass is 32.2. The van der Waals surface area contributed by atoms with Crippen LogP contribution >= 0.6 is 0 Å². The molecule has 4 rings (SSSR count). The molecule has 0 bridgehead atoms. The van der Waals surface area contributed by atoms with Gasteiger partial charge in [-0.1, -0.05) is 42.5 Å². The van der Waals surface area contributed by atoms with E-state index in [1.54, 1.807) is 12.1 Å². The lowest BCUT2D eigenvalue weighted by Gasteiger charge is -2.19. The van der Waals surface area contributed by atoms with Gasteiger partial charge in [-0.3, -0.25) is 14.3 Å². The number of anilines is 2. The second-order valence-corrected chi connectivity index (χ2v) is 9.28. The van der Waals surface area contributed by atoms with E-state index >= 15 is 0 Å². The maximum absolute atomic E-state index is 14.6. The second-order valence-electron chi connectivity index (χ2n) is 7.63. The molecule has 3 N–H and O–H groups in total. The lowest BCUT2D eigenvalue weighted by atomic mass is 10.0. The van der Waals surface area contributed by atoms with Crippen molar-refractivity contribution >= 4 is 33.2 Å². The first-order chi connectivity index (χ1) is 15.8. The molecule has 0 atom stereocenters. The van der Waals surface area contributed by atoms with Crippen molar-refractivity contribution < 1.29 is 22.4 Å². The molecular formula is C24H22FN3O4S. The minimum Gasteiger partial charge on any atom is -0.352 e. The molecule has 3 aromatic rings. The third-order valence-corrected chi connectivity index (χ3v) is 6.68. The van der Waals surface area contributed by atoms with Crippen LogP contribution in [0.4, 0.5) is 15.8 Å². The van der Waals surface area contributed by atoms with Crippen LogP contribution in [0.2, 0.25) is 0 Å². The Morgan fingerprint density at radius 2 is 1.73 bits per heavy atom. The predicted molar refractivity (Wildman–Crippen MR) is 123 cm³/mol. The van der Waals surface area contributed by atoms with Crippen molar-refractivity contribution in [3.8, 4) is 0 Å². The van der Waals surface area contributed by atoms with Gasteiger partial charge in [-0.05, 0) is 48.2 Å². The highest BCUT2D eigenvalue weighted by Gasteiger charge is 2.25. The van der Waals surface area contributed by atoms with E-state index in [0.717, 1.165) is 11.6 Å². The Morgan fingerprint density at radius 1 is 1.00 bits per heavy atom. The zero-order chi connectivity index (χ0) is 23.4. The Hall–Kier alpha value is -3.72. The van der Waals surface area contributed by atoms with E-state index in [1.807, 2.05) is 30.3 Å². The van der Waals surface area contributed by atoms with Crippen LogP contribution in [0.5, 0.6) is 0 Å². The summed E-state index contributed by atoms with van der Waals surface area (Å²) in [6.45, 7) is 0.370. The lowest BCUT2D eigenvalue weighted by Crippen LogP contribution is -2.27. The van der Waals surface area contributed by atoms with Crippen LogP contribution < -0.4 is 15.4 Å². The Labute approximate surface area is 191 Å². The van der Waals surface area contributed by atoms with Crippen molar-refractivity contribution in [3.05, 3.63) is 89.2 Å². The Balaban J connectivity index is 1.52. The summed E-state index contributed by atoms with van der Waals surface area (Å²) in [6.07, 6.45) is 1.12. The molecular weight excluding hydrogens is 445 g/mol. The van der Waals surface area contributed by atoms with E-state index in [2.05, 4.69) is 15.4 Å². The summed E-state index contributed by atoms with van der Waals surface area (Å²) in [7, 11) is -4.33. The molecule has 0 aliphatic carbocycles. The van der Waals surface area contributed by atoms with Gasteiger partial charge < -0.3 is 10.6 Å². The fraction of sp³-hybridized carbons (Fsp3) is 0.167. The van der Waals surface area contributed by atoms with Crippen LogP contribution in [-0.4, -0.2) is 26.8 Å². The summed E-state index contributed by atoms with van der Waals surface area (Å²) in [4.78, 5) is 23.7. The quantitative estimate of drug-likeness (QED) is 0.495. The summed E-state index contributed by atoms with van der Waals surface area (Å²) in [5, 5.41) is 5.32. The molecule has 1 heterocycles. The van der Waals surface area contributed by atoms with E-state index in [-0.39, 0.29) is 29.3 Å². The van der Waals surface area contributed by atoms with Crippen LogP contribution in [0.25, 0.3) is 0 Å². The van der Waals surface area contributed by atoms with Crippen molar-refractivity contribution in [2.24, 2.45) is 0 Å². The highest BCUT2D eigenvalue weighted by Crippen LogP contribution is 2.29. The van der Waals surface area contributed by atoms with Crippen LogP contribution in [0.15, 0.2) is 71.6 Å². The SMILES string of the molecule is O=C1CCc2cc(S(=O)(=O)Nc3ccccc3C(=O)NCCc3ccccc3)c(F)cc2N1. The van der Waals surface area contributed by atoms with Gasteiger partial charge in [0.05, 0.1) is 11.3 Å². The van der Waals surface area contributed by atoms with Crippen molar-refractivity contribution in [2.45, 2.75) is 24.2 Å². The summed E-state index contributed by atoms with van der Waals surface area (Å²) >= 11 is 0. The number of para-hydroxylation sites is 1. The van der Waals surface area contributed by atoms with Crippen LogP contribution in [0.1, 0.15) is 27.9 Å². The molecule has 2 amide bonds. The molecule has 0 radical (unpaired) electrons. The topological polar surface area (TPSA) is 104 Å². The van der Waals surface area contributed by atoms with Crippen molar-refractivity contribution in [1.82, 2.24) is 5.32 Å². The number of aryl methyl sites for hydroxylation is 1. The highest BCUT2D eigenvalue weighted by molar-refractivity contribution is 7.92. The van der Waals surface area contributed by atoms with Crippen molar-refractivity contribution in [2.75, 3.05) is 16.6 Å². The molecule has 3 aromatic carbocycles. The maximum Gasteiger partial charge on any atom is 0.264 e. The number of halogens is 1. The van der Waals surface area contributed by atoms with Crippen LogP contribution in [0.3, 0.4) is 0 Å². The number of sulfonamides is 1. The van der Waals surface area contributed by atoms with Crippen LogP contribution in [0, 0.1) is 5.82 Å². The first-order valence-corrected chi connectivity index (χ1v) is 11.9. The number of hydrogen-bond donors (Lipinski definition) is 3. The number of amides is 2. The third-order valence-electron chi connectivity index (χ3n) is 5.30. The first-order valence-electron chi connectivity index (χ1n) is 10.4. The van der Waals surface area contributed by atoms with Gasteiger partial charge in [0.25, 0.3) is 15.9 Å². The number of rotatable bonds is 7. The maximum atomic E-state index is 14.6. The number of carbonyl (C=O) groups excluding carboxylic acids is 2. The number of fused-ring (bicyclic) bond motifs is 1. The van der Waals surface area contributed by atoms with Gasteiger partial charge in [-0.2, -0.15) is 0 Å². The van der Waals surface area contributed by atoms with Gasteiger partial charge in [0.1, 0.15) is 10.7 Å². The molecule has 0 saturated carbocycles. The molecule has 0 fully saturated rings.